The highest BCUT2D eigenvalue weighted by molar-refractivity contribution is 5.28. The third-order valence-electron chi connectivity index (χ3n) is 1.83. The normalized spacial score (nSPS) is 12.5. The first-order valence-corrected chi connectivity index (χ1v) is 4.39. The summed E-state index contributed by atoms with van der Waals surface area (Å²) in [5.74, 6) is 0.839. The Morgan fingerprint density at radius 3 is 2.92 bits per heavy atom. The van der Waals surface area contributed by atoms with E-state index in [1.54, 1.807) is 6.20 Å². The Morgan fingerprint density at radius 2 is 2.31 bits per heavy atom. The second-order valence-corrected chi connectivity index (χ2v) is 3.05. The summed E-state index contributed by atoms with van der Waals surface area (Å²) >= 11 is 0. The minimum Gasteiger partial charge on any atom is -0.474 e. The number of rotatable bonds is 3. The van der Waals surface area contributed by atoms with Crippen molar-refractivity contribution in [3.8, 4) is 5.88 Å². The average Bonchev–Trinajstić information content (AvgIpc) is 2.11. The molecule has 1 atom stereocenters. The predicted molar refractivity (Wildman–Crippen MR) is 51.6 cm³/mol. The summed E-state index contributed by atoms with van der Waals surface area (Å²) in [6.07, 6.45) is 2.77. The molecule has 1 heterocycles. The lowest BCUT2D eigenvalue weighted by molar-refractivity contribution is 0.207. The fraction of sp³-hybridized carbons (Fsp3) is 0.556. The van der Waals surface area contributed by atoms with Crippen molar-refractivity contribution >= 4 is 5.95 Å². The number of nitrogens with zero attached hydrogens (tertiary/aromatic N) is 2. The van der Waals surface area contributed by atoms with Gasteiger partial charge < -0.3 is 10.5 Å². The van der Waals surface area contributed by atoms with Gasteiger partial charge in [0.2, 0.25) is 11.8 Å². The molecule has 0 aliphatic heterocycles. The van der Waals surface area contributed by atoms with Crippen molar-refractivity contribution in [1.29, 1.82) is 0 Å². The maximum atomic E-state index is 5.54. The summed E-state index contributed by atoms with van der Waals surface area (Å²) in [7, 11) is 0. The number of aryl methyl sites for hydroxylation is 1. The molecule has 1 unspecified atom stereocenters. The molecular formula is C9H15N3O. The van der Waals surface area contributed by atoms with Gasteiger partial charge in [-0.15, -0.1) is 0 Å². The van der Waals surface area contributed by atoms with Crippen LogP contribution in [-0.4, -0.2) is 16.1 Å². The van der Waals surface area contributed by atoms with Crippen molar-refractivity contribution < 1.29 is 4.74 Å². The number of nitrogens with two attached hydrogens (primary N) is 1. The van der Waals surface area contributed by atoms with Crippen LogP contribution in [0.3, 0.4) is 0 Å². The van der Waals surface area contributed by atoms with Gasteiger partial charge in [0.25, 0.3) is 0 Å². The van der Waals surface area contributed by atoms with E-state index in [9.17, 15) is 0 Å². The largest absolute Gasteiger partial charge is 0.474 e. The Kier molecular flexibility index (Phi) is 3.06. The van der Waals surface area contributed by atoms with E-state index < -0.39 is 0 Å². The van der Waals surface area contributed by atoms with Crippen LogP contribution in [-0.2, 0) is 0 Å². The number of anilines is 1. The Labute approximate surface area is 78.1 Å². The third-order valence-corrected chi connectivity index (χ3v) is 1.83. The van der Waals surface area contributed by atoms with Gasteiger partial charge in [-0.2, -0.15) is 4.98 Å². The van der Waals surface area contributed by atoms with Gasteiger partial charge in [0, 0.05) is 11.8 Å². The maximum absolute atomic E-state index is 5.54. The topological polar surface area (TPSA) is 61.0 Å². The molecule has 0 amide bonds. The zero-order chi connectivity index (χ0) is 9.84. The SMILES string of the molecule is CCC(C)Oc1nc(N)ncc1C. The predicted octanol–water partition coefficient (Wildman–Crippen LogP) is 1.54. The van der Waals surface area contributed by atoms with Gasteiger partial charge in [0.05, 0.1) is 6.10 Å². The Hall–Kier alpha value is -1.32. The monoisotopic (exact) mass is 181 g/mol. The van der Waals surface area contributed by atoms with Crippen LogP contribution in [0.1, 0.15) is 25.8 Å². The quantitative estimate of drug-likeness (QED) is 0.768. The van der Waals surface area contributed by atoms with E-state index in [-0.39, 0.29) is 12.1 Å². The lowest BCUT2D eigenvalue weighted by atomic mass is 10.3. The van der Waals surface area contributed by atoms with Crippen molar-refractivity contribution in [3.05, 3.63) is 11.8 Å². The first-order chi connectivity index (χ1) is 6.13. The summed E-state index contributed by atoms with van der Waals surface area (Å²) < 4.78 is 5.54. The van der Waals surface area contributed by atoms with E-state index in [4.69, 9.17) is 10.5 Å². The van der Waals surface area contributed by atoms with Crippen LogP contribution >= 0.6 is 0 Å². The number of nitrogen functional groups attached to an aromatic ring is 1. The highest BCUT2D eigenvalue weighted by Gasteiger charge is 2.06. The average molecular weight is 181 g/mol. The Bertz CT molecular complexity index is 288. The first-order valence-electron chi connectivity index (χ1n) is 4.39. The molecule has 0 aliphatic rings. The Balaban J connectivity index is 2.81. The van der Waals surface area contributed by atoms with Crippen molar-refractivity contribution in [2.24, 2.45) is 0 Å². The molecule has 1 aromatic heterocycles. The third kappa shape index (κ3) is 2.57. The second kappa shape index (κ2) is 4.07. The molecule has 0 bridgehead atoms. The molecule has 0 radical (unpaired) electrons. The van der Waals surface area contributed by atoms with Crippen LogP contribution in [0, 0.1) is 6.92 Å². The van der Waals surface area contributed by atoms with Gasteiger partial charge in [0.1, 0.15) is 0 Å². The van der Waals surface area contributed by atoms with E-state index >= 15 is 0 Å². The fourth-order valence-corrected chi connectivity index (χ4v) is 0.832. The van der Waals surface area contributed by atoms with Crippen LogP contribution in [0.2, 0.25) is 0 Å². The molecule has 0 saturated carbocycles. The summed E-state index contributed by atoms with van der Waals surface area (Å²) in [6, 6.07) is 0. The number of hydrogen-bond donors (Lipinski definition) is 1. The molecule has 0 fully saturated rings. The first kappa shape index (κ1) is 9.77. The van der Waals surface area contributed by atoms with E-state index in [1.807, 2.05) is 13.8 Å². The van der Waals surface area contributed by atoms with E-state index in [0.29, 0.717) is 5.88 Å². The molecule has 0 aliphatic carbocycles. The molecule has 0 aromatic carbocycles. The van der Waals surface area contributed by atoms with E-state index in [1.165, 1.54) is 0 Å². The van der Waals surface area contributed by atoms with Crippen molar-refractivity contribution in [2.45, 2.75) is 33.3 Å². The highest BCUT2D eigenvalue weighted by atomic mass is 16.5. The van der Waals surface area contributed by atoms with E-state index in [0.717, 1.165) is 12.0 Å². The highest BCUT2D eigenvalue weighted by Crippen LogP contribution is 2.15. The van der Waals surface area contributed by atoms with Crippen LogP contribution < -0.4 is 10.5 Å². The van der Waals surface area contributed by atoms with Gasteiger partial charge in [-0.25, -0.2) is 4.98 Å². The number of ether oxygens (including phenoxy) is 1. The zero-order valence-corrected chi connectivity index (χ0v) is 8.24. The van der Waals surface area contributed by atoms with Gasteiger partial charge >= 0.3 is 0 Å². The zero-order valence-electron chi connectivity index (χ0n) is 8.24. The van der Waals surface area contributed by atoms with Crippen molar-refractivity contribution in [1.82, 2.24) is 9.97 Å². The van der Waals surface area contributed by atoms with Crippen molar-refractivity contribution in [2.75, 3.05) is 5.73 Å². The smallest absolute Gasteiger partial charge is 0.223 e. The lowest BCUT2D eigenvalue weighted by Crippen LogP contribution is -2.12. The molecule has 72 valence electrons. The van der Waals surface area contributed by atoms with E-state index in [2.05, 4.69) is 16.9 Å². The lowest BCUT2D eigenvalue weighted by Gasteiger charge is -2.12. The standard InChI is InChI=1S/C9H15N3O/c1-4-7(3)13-8-6(2)5-11-9(10)12-8/h5,7H,4H2,1-3H3,(H2,10,11,12). The van der Waals surface area contributed by atoms with Gasteiger partial charge in [-0.05, 0) is 20.3 Å². The number of aromatic nitrogens is 2. The van der Waals surface area contributed by atoms with Crippen molar-refractivity contribution in [3.63, 3.8) is 0 Å². The Morgan fingerprint density at radius 1 is 1.62 bits per heavy atom. The van der Waals surface area contributed by atoms with Gasteiger partial charge in [-0.3, -0.25) is 0 Å². The maximum Gasteiger partial charge on any atom is 0.223 e. The molecule has 4 nitrogen and oxygen atoms in total. The summed E-state index contributed by atoms with van der Waals surface area (Å²) in [4.78, 5) is 7.86. The molecule has 1 aromatic rings. The summed E-state index contributed by atoms with van der Waals surface area (Å²) in [5.41, 5.74) is 6.35. The van der Waals surface area contributed by atoms with Gasteiger partial charge in [0.15, 0.2) is 0 Å². The van der Waals surface area contributed by atoms with Gasteiger partial charge in [-0.1, -0.05) is 6.92 Å². The molecule has 2 N–H and O–H groups in total. The van der Waals surface area contributed by atoms with Crippen LogP contribution in [0.5, 0.6) is 5.88 Å². The second-order valence-electron chi connectivity index (χ2n) is 3.05. The summed E-state index contributed by atoms with van der Waals surface area (Å²) in [5, 5.41) is 0. The van der Waals surface area contributed by atoms with Crippen LogP contribution in [0.15, 0.2) is 6.20 Å². The molecule has 0 spiro atoms. The van der Waals surface area contributed by atoms with Crippen LogP contribution in [0.4, 0.5) is 5.95 Å². The molecular weight excluding hydrogens is 166 g/mol. The molecule has 0 saturated heterocycles. The van der Waals surface area contributed by atoms with Crippen LogP contribution in [0.25, 0.3) is 0 Å². The molecule has 1 rings (SSSR count). The summed E-state index contributed by atoms with van der Waals surface area (Å²) in [6.45, 7) is 5.96. The minimum absolute atomic E-state index is 0.160. The molecule has 13 heavy (non-hydrogen) atoms. The molecule has 4 heteroatoms. The number of hydrogen-bond acceptors (Lipinski definition) is 4. The fourth-order valence-electron chi connectivity index (χ4n) is 0.832. The minimum atomic E-state index is 0.160.